The number of carbonyl (C=O) groups is 1. The van der Waals surface area contributed by atoms with Crippen molar-refractivity contribution in [2.24, 2.45) is 5.41 Å². The number of nitrogens with one attached hydrogen (secondary N) is 1. The molecule has 1 aliphatic rings. The van der Waals surface area contributed by atoms with Crippen molar-refractivity contribution in [2.45, 2.75) is 32.6 Å². The second-order valence-electron chi connectivity index (χ2n) is 5.94. The highest BCUT2D eigenvalue weighted by Gasteiger charge is 2.34. The quantitative estimate of drug-likeness (QED) is 0.873. The number of pyridine rings is 1. The Balaban J connectivity index is 1.94. The minimum atomic E-state index is -0.988. The van der Waals surface area contributed by atoms with Crippen molar-refractivity contribution in [2.75, 3.05) is 11.9 Å². The van der Waals surface area contributed by atoms with E-state index in [-0.39, 0.29) is 5.69 Å². The van der Waals surface area contributed by atoms with E-state index in [2.05, 4.69) is 17.2 Å². The van der Waals surface area contributed by atoms with Crippen LogP contribution < -0.4 is 5.32 Å². The van der Waals surface area contributed by atoms with Gasteiger partial charge < -0.3 is 10.4 Å². The Bertz CT molecular complexity index is 672. The molecule has 1 heterocycles. The summed E-state index contributed by atoms with van der Waals surface area (Å²) >= 11 is 0. The van der Waals surface area contributed by atoms with Gasteiger partial charge in [0.05, 0.1) is 0 Å². The molecule has 1 aliphatic carbocycles. The molecule has 2 aromatic rings. The molecule has 4 nitrogen and oxygen atoms in total. The van der Waals surface area contributed by atoms with Crippen molar-refractivity contribution in [1.29, 1.82) is 0 Å². The van der Waals surface area contributed by atoms with Gasteiger partial charge in [0.1, 0.15) is 5.82 Å². The number of aromatic nitrogens is 1. The predicted octanol–water partition coefficient (Wildman–Crippen LogP) is 3.93. The molecule has 0 spiro atoms. The largest absolute Gasteiger partial charge is 0.477 e. The number of carboxylic acids is 1. The lowest BCUT2D eigenvalue weighted by Crippen LogP contribution is -2.36. The third-order valence-electron chi connectivity index (χ3n) is 4.75. The second-order valence-corrected chi connectivity index (χ2v) is 5.94. The summed E-state index contributed by atoms with van der Waals surface area (Å²) in [5, 5.41) is 14.5. The van der Waals surface area contributed by atoms with E-state index in [1.165, 1.54) is 19.3 Å². The molecule has 21 heavy (non-hydrogen) atoms. The lowest BCUT2D eigenvalue weighted by molar-refractivity contribution is 0.0691. The van der Waals surface area contributed by atoms with Gasteiger partial charge in [-0.15, -0.1) is 0 Å². The molecular weight excluding hydrogens is 264 g/mol. The number of anilines is 1. The molecule has 0 saturated heterocycles. The molecule has 0 aliphatic heterocycles. The molecule has 0 bridgehead atoms. The molecular formula is C17H20N2O2. The van der Waals surface area contributed by atoms with Crippen molar-refractivity contribution in [3.63, 3.8) is 0 Å². The van der Waals surface area contributed by atoms with E-state index in [1.54, 1.807) is 6.07 Å². The lowest BCUT2D eigenvalue weighted by Gasteiger charge is -2.41. The number of nitrogens with zero attached hydrogens (tertiary/aromatic N) is 1. The summed E-state index contributed by atoms with van der Waals surface area (Å²) in [7, 11) is 0. The van der Waals surface area contributed by atoms with Gasteiger partial charge in [-0.05, 0) is 36.1 Å². The first-order chi connectivity index (χ1) is 10.1. The number of fused-ring (bicyclic) bond motifs is 1. The summed E-state index contributed by atoms with van der Waals surface area (Å²) in [5.41, 5.74) is 0.456. The molecule has 4 heteroatoms. The Hall–Kier alpha value is -2.10. The van der Waals surface area contributed by atoms with Crippen LogP contribution in [-0.4, -0.2) is 22.6 Å². The van der Waals surface area contributed by atoms with Crippen LogP contribution in [0.15, 0.2) is 30.3 Å². The maximum absolute atomic E-state index is 11.2. The average molecular weight is 284 g/mol. The van der Waals surface area contributed by atoms with Gasteiger partial charge in [0.15, 0.2) is 5.69 Å². The lowest BCUT2D eigenvalue weighted by atomic mass is 9.67. The Morgan fingerprint density at radius 1 is 1.38 bits per heavy atom. The molecule has 2 N–H and O–H groups in total. The Labute approximate surface area is 124 Å². The zero-order chi connectivity index (χ0) is 14.9. The van der Waals surface area contributed by atoms with Gasteiger partial charge in [0, 0.05) is 11.9 Å². The first-order valence-corrected chi connectivity index (χ1v) is 7.50. The number of benzene rings is 1. The molecule has 3 rings (SSSR count). The standard InChI is InChI=1S/C17H20N2O2/c1-2-17(8-5-9-17)11-18-15-13-7-4-3-6-12(13)10-14(19-15)16(20)21/h3-4,6-7,10H,2,5,8-9,11H2,1H3,(H,18,19)(H,20,21). The van der Waals surface area contributed by atoms with Crippen LogP contribution in [0.1, 0.15) is 43.1 Å². The zero-order valence-electron chi connectivity index (χ0n) is 12.2. The van der Waals surface area contributed by atoms with Crippen LogP contribution in [0, 0.1) is 5.41 Å². The third-order valence-corrected chi connectivity index (χ3v) is 4.75. The first-order valence-electron chi connectivity index (χ1n) is 7.50. The highest BCUT2D eigenvalue weighted by Crippen LogP contribution is 2.43. The number of rotatable bonds is 5. The minimum absolute atomic E-state index is 0.0929. The second kappa shape index (κ2) is 5.35. The summed E-state index contributed by atoms with van der Waals surface area (Å²) in [6.07, 6.45) is 4.93. The van der Waals surface area contributed by atoms with Gasteiger partial charge in [-0.2, -0.15) is 0 Å². The molecule has 110 valence electrons. The molecule has 0 unspecified atom stereocenters. The molecule has 0 radical (unpaired) electrons. The molecule has 1 fully saturated rings. The van der Waals surface area contributed by atoms with Crippen LogP contribution in [0.5, 0.6) is 0 Å². The summed E-state index contributed by atoms with van der Waals surface area (Å²) in [6.45, 7) is 3.09. The molecule has 0 amide bonds. The van der Waals surface area contributed by atoms with Gasteiger partial charge in [-0.3, -0.25) is 0 Å². The van der Waals surface area contributed by atoms with Gasteiger partial charge in [0.25, 0.3) is 0 Å². The summed E-state index contributed by atoms with van der Waals surface area (Å²) in [5.74, 6) is -0.303. The van der Waals surface area contributed by atoms with Gasteiger partial charge in [-0.25, -0.2) is 9.78 Å². The van der Waals surface area contributed by atoms with Gasteiger partial charge in [-0.1, -0.05) is 37.6 Å². The minimum Gasteiger partial charge on any atom is -0.477 e. The maximum atomic E-state index is 11.2. The molecule has 1 saturated carbocycles. The topological polar surface area (TPSA) is 62.2 Å². The van der Waals surface area contributed by atoms with Gasteiger partial charge >= 0.3 is 5.97 Å². The zero-order valence-corrected chi connectivity index (χ0v) is 12.2. The Morgan fingerprint density at radius 2 is 2.14 bits per heavy atom. The van der Waals surface area contributed by atoms with E-state index in [0.29, 0.717) is 11.2 Å². The van der Waals surface area contributed by atoms with Crippen molar-refractivity contribution >= 4 is 22.6 Å². The molecule has 1 aromatic carbocycles. The highest BCUT2D eigenvalue weighted by molar-refractivity contribution is 5.97. The van der Waals surface area contributed by atoms with Crippen LogP contribution in [0.3, 0.4) is 0 Å². The van der Waals surface area contributed by atoms with Crippen LogP contribution >= 0.6 is 0 Å². The van der Waals surface area contributed by atoms with E-state index in [9.17, 15) is 9.90 Å². The van der Waals surface area contributed by atoms with Crippen LogP contribution in [0.2, 0.25) is 0 Å². The normalized spacial score (nSPS) is 16.4. The number of aromatic carboxylic acids is 1. The van der Waals surface area contributed by atoms with Crippen molar-refractivity contribution in [3.05, 3.63) is 36.0 Å². The monoisotopic (exact) mass is 284 g/mol. The highest BCUT2D eigenvalue weighted by atomic mass is 16.4. The van der Waals surface area contributed by atoms with Crippen LogP contribution in [0.4, 0.5) is 5.82 Å². The van der Waals surface area contributed by atoms with Gasteiger partial charge in [0.2, 0.25) is 0 Å². The van der Waals surface area contributed by atoms with Crippen molar-refractivity contribution < 1.29 is 9.90 Å². The fraction of sp³-hybridized carbons (Fsp3) is 0.412. The fourth-order valence-corrected chi connectivity index (χ4v) is 3.05. The van der Waals surface area contributed by atoms with Crippen LogP contribution in [-0.2, 0) is 0 Å². The van der Waals surface area contributed by atoms with E-state index in [0.717, 1.165) is 23.7 Å². The van der Waals surface area contributed by atoms with Crippen molar-refractivity contribution in [1.82, 2.24) is 4.98 Å². The fourth-order valence-electron chi connectivity index (χ4n) is 3.05. The molecule has 1 aromatic heterocycles. The van der Waals surface area contributed by atoms with E-state index >= 15 is 0 Å². The number of carboxylic acid groups (broad SMARTS) is 1. The summed E-state index contributed by atoms with van der Waals surface area (Å²) in [4.78, 5) is 15.5. The SMILES string of the molecule is CCC1(CNc2nc(C(=O)O)cc3ccccc23)CCC1. The number of hydrogen-bond acceptors (Lipinski definition) is 3. The predicted molar refractivity (Wildman–Crippen MR) is 83.8 cm³/mol. The van der Waals surface area contributed by atoms with Crippen molar-refractivity contribution in [3.8, 4) is 0 Å². The smallest absolute Gasteiger partial charge is 0.354 e. The van der Waals surface area contributed by atoms with Crippen LogP contribution in [0.25, 0.3) is 10.8 Å². The molecule has 0 atom stereocenters. The Kier molecular flexibility index (Phi) is 3.53. The Morgan fingerprint density at radius 3 is 2.76 bits per heavy atom. The van der Waals surface area contributed by atoms with E-state index in [4.69, 9.17) is 0 Å². The summed E-state index contributed by atoms with van der Waals surface area (Å²) in [6, 6.07) is 9.40. The maximum Gasteiger partial charge on any atom is 0.354 e. The average Bonchev–Trinajstić information content (AvgIpc) is 2.46. The number of hydrogen-bond donors (Lipinski definition) is 2. The van der Waals surface area contributed by atoms with E-state index in [1.807, 2.05) is 24.3 Å². The first kappa shape index (κ1) is 13.9. The van der Waals surface area contributed by atoms with E-state index < -0.39 is 5.97 Å². The third kappa shape index (κ3) is 2.58. The summed E-state index contributed by atoms with van der Waals surface area (Å²) < 4.78 is 0.